The van der Waals surface area contributed by atoms with Crippen LogP contribution in [0.3, 0.4) is 0 Å². The zero-order chi connectivity index (χ0) is 13.1. The second-order valence-corrected chi connectivity index (χ2v) is 4.88. The van der Waals surface area contributed by atoms with Gasteiger partial charge in [0.15, 0.2) is 0 Å². The Morgan fingerprint density at radius 2 is 2.22 bits per heavy atom. The van der Waals surface area contributed by atoms with E-state index < -0.39 is 0 Å². The third kappa shape index (κ3) is 2.42. The van der Waals surface area contributed by atoms with Crippen LogP contribution in [-0.2, 0) is 6.42 Å². The maximum atomic E-state index is 5.55. The van der Waals surface area contributed by atoms with Crippen LogP contribution in [0.15, 0.2) is 22.7 Å². The number of aryl methyl sites for hydroxylation is 1. The molecule has 5 heteroatoms. The summed E-state index contributed by atoms with van der Waals surface area (Å²) in [7, 11) is 1.67. The zero-order valence-corrected chi connectivity index (χ0v) is 12.0. The van der Waals surface area contributed by atoms with Crippen molar-refractivity contribution in [3.8, 4) is 17.0 Å². The average Bonchev–Trinajstić information content (AvgIpc) is 2.72. The average molecular weight is 310 g/mol. The molecule has 0 unspecified atom stereocenters. The third-order valence-corrected chi connectivity index (χ3v) is 3.69. The van der Waals surface area contributed by atoms with Crippen LogP contribution in [0.1, 0.15) is 11.3 Å². The van der Waals surface area contributed by atoms with Gasteiger partial charge in [-0.1, -0.05) is 0 Å². The Hall–Kier alpha value is -1.33. The molecule has 0 aliphatic carbocycles. The van der Waals surface area contributed by atoms with Crippen LogP contribution in [0.2, 0.25) is 0 Å². The summed E-state index contributed by atoms with van der Waals surface area (Å²) in [6.07, 6.45) is 0.780. The first-order valence-corrected chi connectivity index (χ1v) is 6.54. The lowest BCUT2D eigenvalue weighted by molar-refractivity contribution is 0.412. The van der Waals surface area contributed by atoms with Gasteiger partial charge in [-0.15, -0.1) is 0 Å². The largest absolute Gasteiger partial charge is 0.496 e. The summed E-state index contributed by atoms with van der Waals surface area (Å²) in [5.41, 5.74) is 9.63. The van der Waals surface area contributed by atoms with Crippen molar-refractivity contribution < 1.29 is 4.74 Å². The molecular formula is C13H16BrN3O. The van der Waals surface area contributed by atoms with E-state index in [1.54, 1.807) is 7.11 Å². The summed E-state index contributed by atoms with van der Waals surface area (Å²) in [5, 5.41) is 7.35. The highest BCUT2D eigenvalue weighted by Gasteiger charge is 2.12. The Bertz CT molecular complexity index is 551. The van der Waals surface area contributed by atoms with Crippen molar-refractivity contribution in [1.29, 1.82) is 0 Å². The number of nitrogens with one attached hydrogen (secondary N) is 1. The van der Waals surface area contributed by atoms with Gasteiger partial charge < -0.3 is 10.5 Å². The molecule has 0 aliphatic heterocycles. The number of nitrogens with two attached hydrogens (primary N) is 1. The smallest absolute Gasteiger partial charge is 0.121 e. The van der Waals surface area contributed by atoms with Gasteiger partial charge in [0.2, 0.25) is 0 Å². The Morgan fingerprint density at radius 3 is 2.83 bits per heavy atom. The Balaban J connectivity index is 2.39. The second-order valence-electron chi connectivity index (χ2n) is 4.09. The van der Waals surface area contributed by atoms with E-state index in [9.17, 15) is 0 Å². The summed E-state index contributed by atoms with van der Waals surface area (Å²) in [4.78, 5) is 0. The lowest BCUT2D eigenvalue weighted by atomic mass is 10.1. The first kappa shape index (κ1) is 13.1. The number of hydrogen-bond donors (Lipinski definition) is 2. The molecule has 0 amide bonds. The van der Waals surface area contributed by atoms with Crippen LogP contribution < -0.4 is 10.5 Å². The zero-order valence-electron chi connectivity index (χ0n) is 10.5. The van der Waals surface area contributed by atoms with Crippen molar-refractivity contribution in [1.82, 2.24) is 10.2 Å². The van der Waals surface area contributed by atoms with E-state index in [0.29, 0.717) is 6.54 Å². The molecule has 0 radical (unpaired) electrons. The van der Waals surface area contributed by atoms with Crippen molar-refractivity contribution in [3.05, 3.63) is 33.9 Å². The molecule has 2 rings (SSSR count). The van der Waals surface area contributed by atoms with Crippen LogP contribution in [0.5, 0.6) is 5.75 Å². The van der Waals surface area contributed by atoms with Gasteiger partial charge in [0.25, 0.3) is 0 Å². The molecule has 0 saturated heterocycles. The van der Waals surface area contributed by atoms with E-state index in [-0.39, 0.29) is 0 Å². The molecule has 18 heavy (non-hydrogen) atoms. The van der Waals surface area contributed by atoms with Gasteiger partial charge in [-0.2, -0.15) is 5.10 Å². The molecule has 4 nitrogen and oxygen atoms in total. The highest BCUT2D eigenvalue weighted by atomic mass is 79.9. The number of ether oxygens (including phenoxy) is 1. The highest BCUT2D eigenvalue weighted by Crippen LogP contribution is 2.31. The molecule has 0 saturated carbocycles. The maximum absolute atomic E-state index is 5.55. The minimum Gasteiger partial charge on any atom is -0.496 e. The van der Waals surface area contributed by atoms with E-state index in [1.165, 1.54) is 0 Å². The van der Waals surface area contributed by atoms with Gasteiger partial charge in [-0.05, 0) is 53.2 Å². The molecule has 96 valence electrons. The number of methoxy groups -OCH3 is 1. The quantitative estimate of drug-likeness (QED) is 0.912. The number of hydrogen-bond acceptors (Lipinski definition) is 3. The first-order valence-electron chi connectivity index (χ1n) is 5.75. The Labute approximate surface area is 115 Å². The van der Waals surface area contributed by atoms with E-state index >= 15 is 0 Å². The predicted molar refractivity (Wildman–Crippen MR) is 75.8 cm³/mol. The fraction of sp³-hybridized carbons (Fsp3) is 0.308. The second kappa shape index (κ2) is 5.54. The van der Waals surface area contributed by atoms with Crippen LogP contribution in [0, 0.1) is 6.92 Å². The summed E-state index contributed by atoms with van der Waals surface area (Å²) < 4.78 is 6.24. The molecule has 3 N–H and O–H groups in total. The standard InChI is InChI=1S/C13H16BrN3O/c1-8-7-9(3-4-11(8)18-2)13-12(14)10(5-6-15)16-17-13/h3-4,7H,5-6,15H2,1-2H3,(H,16,17). The summed E-state index contributed by atoms with van der Waals surface area (Å²) in [5.74, 6) is 0.882. The minimum atomic E-state index is 0.599. The van der Waals surface area contributed by atoms with E-state index in [2.05, 4.69) is 32.2 Å². The van der Waals surface area contributed by atoms with Gasteiger partial charge in [0.1, 0.15) is 11.4 Å². The first-order chi connectivity index (χ1) is 8.67. The van der Waals surface area contributed by atoms with Gasteiger partial charge in [-0.3, -0.25) is 5.10 Å². The lowest BCUT2D eigenvalue weighted by Crippen LogP contribution is -2.03. The SMILES string of the molecule is COc1ccc(-c2n[nH]c(CCN)c2Br)cc1C. The van der Waals surface area contributed by atoms with Crippen molar-refractivity contribution in [2.45, 2.75) is 13.3 Å². The van der Waals surface area contributed by atoms with E-state index in [0.717, 1.165) is 39.2 Å². The fourth-order valence-corrected chi connectivity index (χ4v) is 2.50. The van der Waals surface area contributed by atoms with Crippen LogP contribution in [0.25, 0.3) is 11.3 Å². The number of aromatic nitrogens is 2. The molecule has 0 aliphatic rings. The minimum absolute atomic E-state index is 0.599. The molecule has 0 fully saturated rings. The molecule has 1 aromatic heterocycles. The van der Waals surface area contributed by atoms with E-state index in [1.807, 2.05) is 19.1 Å². The van der Waals surface area contributed by atoms with Crippen molar-refractivity contribution in [2.24, 2.45) is 5.73 Å². The molecule has 1 aromatic carbocycles. The van der Waals surface area contributed by atoms with E-state index in [4.69, 9.17) is 10.5 Å². The number of halogens is 1. The monoisotopic (exact) mass is 309 g/mol. The van der Waals surface area contributed by atoms with Crippen molar-refractivity contribution in [2.75, 3.05) is 13.7 Å². The van der Waals surface area contributed by atoms with Gasteiger partial charge in [-0.25, -0.2) is 0 Å². The number of nitrogens with zero attached hydrogens (tertiary/aromatic N) is 1. The Kier molecular flexibility index (Phi) is 4.04. The molecule has 0 spiro atoms. The molecule has 1 heterocycles. The molecule has 0 bridgehead atoms. The lowest BCUT2D eigenvalue weighted by Gasteiger charge is -2.06. The molecular weight excluding hydrogens is 294 g/mol. The van der Waals surface area contributed by atoms with Crippen LogP contribution >= 0.6 is 15.9 Å². The summed E-state index contributed by atoms with van der Waals surface area (Å²) >= 11 is 3.57. The van der Waals surface area contributed by atoms with Gasteiger partial charge in [0, 0.05) is 12.0 Å². The van der Waals surface area contributed by atoms with Gasteiger partial charge >= 0.3 is 0 Å². The summed E-state index contributed by atoms with van der Waals surface area (Å²) in [6, 6.07) is 6.01. The van der Waals surface area contributed by atoms with Crippen molar-refractivity contribution >= 4 is 15.9 Å². The fourth-order valence-electron chi connectivity index (χ4n) is 1.89. The predicted octanol–water partition coefficient (Wildman–Crippen LogP) is 2.66. The number of benzene rings is 1. The third-order valence-electron chi connectivity index (χ3n) is 2.84. The van der Waals surface area contributed by atoms with Crippen molar-refractivity contribution in [3.63, 3.8) is 0 Å². The Morgan fingerprint density at radius 1 is 1.44 bits per heavy atom. The van der Waals surface area contributed by atoms with Crippen LogP contribution in [-0.4, -0.2) is 23.9 Å². The number of rotatable bonds is 4. The highest BCUT2D eigenvalue weighted by molar-refractivity contribution is 9.10. The molecule has 2 aromatic rings. The molecule has 0 atom stereocenters. The van der Waals surface area contributed by atoms with Gasteiger partial charge in [0.05, 0.1) is 17.3 Å². The summed E-state index contributed by atoms with van der Waals surface area (Å²) in [6.45, 7) is 2.62. The topological polar surface area (TPSA) is 63.9 Å². The normalized spacial score (nSPS) is 10.7. The maximum Gasteiger partial charge on any atom is 0.121 e. The van der Waals surface area contributed by atoms with Crippen LogP contribution in [0.4, 0.5) is 0 Å². The number of aromatic amines is 1. The number of H-pyrrole nitrogens is 1.